The number of rotatable bonds is 2. The van der Waals surface area contributed by atoms with Crippen LogP contribution < -0.4 is 10.2 Å². The molecule has 2 fully saturated rings. The molecule has 1 atom stereocenters. The minimum absolute atomic E-state index is 0.354. The number of benzene rings is 1. The van der Waals surface area contributed by atoms with Crippen LogP contribution in [0.3, 0.4) is 0 Å². The number of anilines is 1. The first-order valence-electron chi connectivity index (χ1n) is 7.95. The first kappa shape index (κ1) is 13.4. The van der Waals surface area contributed by atoms with Gasteiger partial charge in [0.1, 0.15) is 0 Å². The van der Waals surface area contributed by atoms with Crippen LogP contribution in [0, 0.1) is 0 Å². The zero-order valence-electron chi connectivity index (χ0n) is 12.3. The molecule has 0 bridgehead atoms. The summed E-state index contributed by atoms with van der Waals surface area (Å²) in [6, 6.07) is 13.7. The van der Waals surface area contributed by atoms with Crippen molar-refractivity contribution in [3.8, 4) is 0 Å². The summed E-state index contributed by atoms with van der Waals surface area (Å²) in [5.41, 5.74) is 3.17. The van der Waals surface area contributed by atoms with E-state index in [4.69, 9.17) is 0 Å². The van der Waals surface area contributed by atoms with Crippen molar-refractivity contribution in [2.75, 3.05) is 18.0 Å². The Kier molecular flexibility index (Phi) is 3.48. The minimum atomic E-state index is 0.354. The van der Waals surface area contributed by atoms with Gasteiger partial charge in [-0.05, 0) is 29.9 Å². The molecule has 2 heterocycles. The highest BCUT2D eigenvalue weighted by molar-refractivity contribution is 7.08. The van der Waals surface area contributed by atoms with Crippen molar-refractivity contribution in [3.05, 3.63) is 52.7 Å². The smallest absolute Gasteiger partial charge is 0.0668 e. The van der Waals surface area contributed by atoms with Gasteiger partial charge < -0.3 is 10.2 Å². The maximum absolute atomic E-state index is 3.90. The molecule has 110 valence electrons. The fourth-order valence-corrected chi connectivity index (χ4v) is 4.62. The van der Waals surface area contributed by atoms with Crippen molar-refractivity contribution in [2.45, 2.75) is 37.3 Å². The highest BCUT2D eigenvalue weighted by atomic mass is 32.1. The Morgan fingerprint density at radius 3 is 2.62 bits per heavy atom. The van der Waals surface area contributed by atoms with E-state index in [1.54, 1.807) is 11.3 Å². The van der Waals surface area contributed by atoms with Gasteiger partial charge in [0, 0.05) is 29.7 Å². The highest BCUT2D eigenvalue weighted by Crippen LogP contribution is 2.39. The Bertz CT molecular complexity index is 573. The van der Waals surface area contributed by atoms with Crippen LogP contribution in [0.5, 0.6) is 0 Å². The molecule has 1 aromatic carbocycles. The van der Waals surface area contributed by atoms with Gasteiger partial charge in [-0.15, -0.1) is 0 Å². The number of thiophene rings is 1. The van der Waals surface area contributed by atoms with Gasteiger partial charge in [0.05, 0.1) is 6.04 Å². The van der Waals surface area contributed by atoms with E-state index in [1.165, 1.54) is 36.9 Å². The normalized spacial score (nSPS) is 24.6. The zero-order chi connectivity index (χ0) is 14.1. The van der Waals surface area contributed by atoms with Crippen LogP contribution in [0.4, 0.5) is 5.69 Å². The van der Waals surface area contributed by atoms with Gasteiger partial charge in [-0.2, -0.15) is 11.3 Å². The summed E-state index contributed by atoms with van der Waals surface area (Å²) < 4.78 is 0. The average molecular weight is 298 g/mol. The van der Waals surface area contributed by atoms with Crippen molar-refractivity contribution in [3.63, 3.8) is 0 Å². The Morgan fingerprint density at radius 1 is 1.10 bits per heavy atom. The first-order valence-corrected chi connectivity index (χ1v) is 8.89. The lowest BCUT2D eigenvalue weighted by Crippen LogP contribution is -2.60. The molecule has 1 saturated carbocycles. The predicted molar refractivity (Wildman–Crippen MR) is 90.0 cm³/mol. The molecule has 1 aliphatic carbocycles. The summed E-state index contributed by atoms with van der Waals surface area (Å²) in [5.74, 6) is 0. The lowest BCUT2D eigenvalue weighted by atomic mass is 9.90. The molecule has 0 amide bonds. The van der Waals surface area contributed by atoms with Crippen LogP contribution in [0.1, 0.15) is 37.3 Å². The highest BCUT2D eigenvalue weighted by Gasteiger charge is 2.41. The van der Waals surface area contributed by atoms with Gasteiger partial charge in [-0.1, -0.05) is 43.2 Å². The number of hydrogen-bond donors (Lipinski definition) is 1. The monoisotopic (exact) mass is 298 g/mol. The van der Waals surface area contributed by atoms with Crippen molar-refractivity contribution >= 4 is 17.0 Å². The molecule has 1 spiro atoms. The average Bonchev–Trinajstić information content (AvgIpc) is 3.20. The van der Waals surface area contributed by atoms with Gasteiger partial charge in [0.15, 0.2) is 0 Å². The number of piperazine rings is 1. The summed E-state index contributed by atoms with van der Waals surface area (Å²) >= 11 is 1.80. The molecule has 1 N–H and O–H groups in total. The zero-order valence-corrected chi connectivity index (χ0v) is 13.1. The van der Waals surface area contributed by atoms with Gasteiger partial charge >= 0.3 is 0 Å². The second-order valence-electron chi connectivity index (χ2n) is 6.40. The van der Waals surface area contributed by atoms with Crippen molar-refractivity contribution in [2.24, 2.45) is 0 Å². The van der Waals surface area contributed by atoms with E-state index in [2.05, 4.69) is 57.4 Å². The predicted octanol–water partition coefficient (Wildman–Crippen LogP) is 4.21. The topological polar surface area (TPSA) is 15.3 Å². The summed E-state index contributed by atoms with van der Waals surface area (Å²) in [5, 5.41) is 8.39. The van der Waals surface area contributed by atoms with Crippen LogP contribution in [0.15, 0.2) is 47.2 Å². The molecule has 2 nitrogen and oxygen atoms in total. The third-order valence-corrected chi connectivity index (χ3v) is 5.77. The Hall–Kier alpha value is -1.32. The third kappa shape index (κ3) is 2.49. The Labute approximate surface area is 130 Å². The van der Waals surface area contributed by atoms with E-state index in [-0.39, 0.29) is 0 Å². The van der Waals surface area contributed by atoms with E-state index in [9.17, 15) is 0 Å². The largest absolute Gasteiger partial charge is 0.361 e. The quantitative estimate of drug-likeness (QED) is 0.893. The number of nitrogens with zero attached hydrogens (tertiary/aromatic N) is 1. The van der Waals surface area contributed by atoms with Gasteiger partial charge in [0.25, 0.3) is 0 Å². The van der Waals surface area contributed by atoms with Crippen LogP contribution >= 0.6 is 11.3 Å². The third-order valence-electron chi connectivity index (χ3n) is 5.10. The second-order valence-corrected chi connectivity index (χ2v) is 7.18. The molecule has 1 saturated heterocycles. The van der Waals surface area contributed by atoms with Gasteiger partial charge in [-0.25, -0.2) is 0 Å². The summed E-state index contributed by atoms with van der Waals surface area (Å²) in [6.07, 6.45) is 5.41. The molecular weight excluding hydrogens is 276 g/mol. The van der Waals surface area contributed by atoms with Crippen LogP contribution in [0.2, 0.25) is 0 Å². The lowest BCUT2D eigenvalue weighted by molar-refractivity contribution is 0.272. The Morgan fingerprint density at radius 2 is 1.90 bits per heavy atom. The van der Waals surface area contributed by atoms with E-state index >= 15 is 0 Å². The molecule has 4 rings (SSSR count). The van der Waals surface area contributed by atoms with Crippen LogP contribution in [-0.4, -0.2) is 18.6 Å². The van der Waals surface area contributed by atoms with E-state index in [0.29, 0.717) is 11.6 Å². The molecule has 1 aliphatic heterocycles. The molecule has 3 heteroatoms. The van der Waals surface area contributed by atoms with Gasteiger partial charge in [0.2, 0.25) is 0 Å². The summed E-state index contributed by atoms with van der Waals surface area (Å²) in [6.45, 7) is 2.20. The first-order chi connectivity index (χ1) is 10.4. The SMILES string of the molecule is c1ccc(C2CNC3(CCCC3)CN2c2ccsc2)cc1. The molecule has 1 aromatic heterocycles. The van der Waals surface area contributed by atoms with Crippen molar-refractivity contribution < 1.29 is 0 Å². The maximum Gasteiger partial charge on any atom is 0.0668 e. The summed E-state index contributed by atoms with van der Waals surface area (Å²) in [7, 11) is 0. The fraction of sp³-hybridized carbons (Fsp3) is 0.444. The molecular formula is C18H22N2S. The van der Waals surface area contributed by atoms with E-state index in [0.717, 1.165) is 13.1 Å². The van der Waals surface area contributed by atoms with Crippen molar-refractivity contribution in [1.29, 1.82) is 0 Å². The molecule has 1 unspecified atom stereocenters. The molecule has 21 heavy (non-hydrogen) atoms. The van der Waals surface area contributed by atoms with Crippen molar-refractivity contribution in [1.82, 2.24) is 5.32 Å². The standard InChI is InChI=1S/C18H22N2S/c1-2-6-15(7-3-1)17-12-19-18(9-4-5-10-18)14-20(17)16-8-11-21-13-16/h1-3,6-8,11,13,17,19H,4-5,9-10,12,14H2. The second kappa shape index (κ2) is 5.47. The fourth-order valence-electron chi connectivity index (χ4n) is 3.97. The van der Waals surface area contributed by atoms with E-state index in [1.807, 2.05) is 0 Å². The summed E-state index contributed by atoms with van der Waals surface area (Å²) in [4.78, 5) is 2.63. The lowest BCUT2D eigenvalue weighted by Gasteiger charge is -2.47. The molecule has 0 radical (unpaired) electrons. The van der Waals surface area contributed by atoms with E-state index < -0.39 is 0 Å². The molecule has 2 aromatic rings. The maximum atomic E-state index is 3.90. The Balaban J connectivity index is 1.67. The number of hydrogen-bond acceptors (Lipinski definition) is 3. The van der Waals surface area contributed by atoms with Crippen LogP contribution in [0.25, 0.3) is 0 Å². The minimum Gasteiger partial charge on any atom is -0.361 e. The van der Waals surface area contributed by atoms with Gasteiger partial charge in [-0.3, -0.25) is 0 Å². The molecule has 2 aliphatic rings. The van der Waals surface area contributed by atoms with Crippen LogP contribution in [-0.2, 0) is 0 Å². The number of nitrogens with one attached hydrogen (secondary N) is 1.